The summed E-state index contributed by atoms with van der Waals surface area (Å²) in [7, 11) is 1.42. The van der Waals surface area contributed by atoms with Crippen LogP contribution in [0.4, 0.5) is 5.69 Å². The van der Waals surface area contributed by atoms with Crippen molar-refractivity contribution < 1.29 is 19.4 Å². The maximum absolute atomic E-state index is 11.2. The number of ether oxygens (including phenoxy) is 1. The first-order valence-electron chi connectivity index (χ1n) is 6.75. The number of carboxylic acid groups (broad SMARTS) is 1. The van der Waals surface area contributed by atoms with Crippen molar-refractivity contribution >= 4 is 17.6 Å². The molecule has 0 atom stereocenters. The van der Waals surface area contributed by atoms with E-state index in [-0.39, 0.29) is 5.97 Å². The Kier molecular flexibility index (Phi) is 4.61. The van der Waals surface area contributed by atoms with Crippen molar-refractivity contribution in [3.63, 3.8) is 0 Å². The van der Waals surface area contributed by atoms with E-state index in [1.165, 1.54) is 7.11 Å². The number of hydrogen-bond acceptors (Lipinski definition) is 4. The first-order chi connectivity index (χ1) is 9.60. The quantitative estimate of drug-likeness (QED) is 0.854. The summed E-state index contributed by atoms with van der Waals surface area (Å²) in [5.74, 6) is -0.667. The molecule has 0 saturated carbocycles. The van der Waals surface area contributed by atoms with Crippen LogP contribution in [0.25, 0.3) is 0 Å². The fourth-order valence-electron chi connectivity index (χ4n) is 2.53. The highest BCUT2D eigenvalue weighted by Gasteiger charge is 2.22. The molecule has 0 unspecified atom stereocenters. The summed E-state index contributed by atoms with van der Waals surface area (Å²) in [6, 6.07) is 6.92. The summed E-state index contributed by atoms with van der Waals surface area (Å²) in [5.41, 5.74) is 1.33. The Morgan fingerprint density at radius 2 is 1.85 bits per heavy atom. The van der Waals surface area contributed by atoms with Gasteiger partial charge >= 0.3 is 11.9 Å². The van der Waals surface area contributed by atoms with Crippen LogP contribution < -0.4 is 4.90 Å². The molecule has 1 fully saturated rings. The molecule has 1 aliphatic heterocycles. The van der Waals surface area contributed by atoms with E-state index in [1.54, 1.807) is 12.1 Å². The predicted molar refractivity (Wildman–Crippen MR) is 75.0 cm³/mol. The number of piperidine rings is 1. The zero-order valence-electron chi connectivity index (χ0n) is 11.5. The van der Waals surface area contributed by atoms with Crippen LogP contribution >= 0.6 is 0 Å². The van der Waals surface area contributed by atoms with Gasteiger partial charge in [-0.15, -0.1) is 0 Å². The van der Waals surface area contributed by atoms with Gasteiger partial charge in [0.1, 0.15) is 0 Å². The van der Waals surface area contributed by atoms with Crippen molar-refractivity contribution in [2.24, 2.45) is 5.92 Å². The summed E-state index contributed by atoms with van der Waals surface area (Å²) < 4.78 is 4.69. The molecule has 20 heavy (non-hydrogen) atoms. The lowest BCUT2D eigenvalue weighted by Crippen LogP contribution is -2.34. The van der Waals surface area contributed by atoms with E-state index in [0.717, 1.165) is 31.6 Å². The molecule has 1 aromatic rings. The van der Waals surface area contributed by atoms with E-state index < -0.39 is 5.97 Å². The number of carboxylic acids is 1. The van der Waals surface area contributed by atoms with E-state index in [0.29, 0.717) is 17.9 Å². The maximum Gasteiger partial charge on any atom is 0.335 e. The number of carbonyl (C=O) groups excluding carboxylic acids is 1. The van der Waals surface area contributed by atoms with Gasteiger partial charge in [0.25, 0.3) is 0 Å². The van der Waals surface area contributed by atoms with Crippen molar-refractivity contribution in [2.45, 2.75) is 19.3 Å². The van der Waals surface area contributed by atoms with E-state index in [4.69, 9.17) is 9.84 Å². The molecule has 0 spiro atoms. The van der Waals surface area contributed by atoms with Crippen LogP contribution in [0.2, 0.25) is 0 Å². The lowest BCUT2D eigenvalue weighted by Gasteiger charge is -2.33. The first kappa shape index (κ1) is 14.4. The maximum atomic E-state index is 11.2. The van der Waals surface area contributed by atoms with Crippen LogP contribution in [-0.2, 0) is 9.53 Å². The molecule has 0 aliphatic carbocycles. The van der Waals surface area contributed by atoms with E-state index in [2.05, 4.69) is 4.90 Å². The van der Waals surface area contributed by atoms with Gasteiger partial charge < -0.3 is 14.7 Å². The number of anilines is 1. The molecule has 1 aliphatic rings. The van der Waals surface area contributed by atoms with Crippen molar-refractivity contribution in [3.8, 4) is 0 Å². The van der Waals surface area contributed by atoms with Gasteiger partial charge in [0.15, 0.2) is 0 Å². The second-order valence-corrected chi connectivity index (χ2v) is 5.06. The monoisotopic (exact) mass is 277 g/mol. The van der Waals surface area contributed by atoms with Gasteiger partial charge in [-0.2, -0.15) is 0 Å². The van der Waals surface area contributed by atoms with Gasteiger partial charge in [0.2, 0.25) is 0 Å². The second kappa shape index (κ2) is 6.41. The number of methoxy groups -OCH3 is 1. The summed E-state index contributed by atoms with van der Waals surface area (Å²) in [6.45, 7) is 1.77. The highest BCUT2D eigenvalue weighted by atomic mass is 16.5. The lowest BCUT2D eigenvalue weighted by molar-refractivity contribution is -0.141. The standard InChI is InChI=1S/C15H19NO4/c1-20-14(17)10-11-6-8-16(9-7-11)13-4-2-12(3-5-13)15(18)19/h2-5,11H,6-10H2,1H3,(H,18,19). The van der Waals surface area contributed by atoms with Crippen LogP contribution in [0.1, 0.15) is 29.6 Å². The Balaban J connectivity index is 1.90. The summed E-state index contributed by atoms with van der Waals surface area (Å²) in [5, 5.41) is 8.87. The lowest BCUT2D eigenvalue weighted by atomic mass is 9.93. The van der Waals surface area contributed by atoms with Crippen LogP contribution in [0.15, 0.2) is 24.3 Å². The number of nitrogens with zero attached hydrogens (tertiary/aromatic N) is 1. The normalized spacial score (nSPS) is 15.9. The Morgan fingerprint density at radius 1 is 1.25 bits per heavy atom. The minimum absolute atomic E-state index is 0.144. The predicted octanol–water partition coefficient (Wildman–Crippen LogP) is 2.16. The van der Waals surface area contributed by atoms with Crippen LogP contribution in [-0.4, -0.2) is 37.2 Å². The molecule has 1 saturated heterocycles. The Hall–Kier alpha value is -2.04. The molecule has 5 nitrogen and oxygen atoms in total. The third kappa shape index (κ3) is 3.50. The largest absolute Gasteiger partial charge is 0.478 e. The fraction of sp³-hybridized carbons (Fsp3) is 0.467. The average Bonchev–Trinajstić information content (AvgIpc) is 2.48. The van der Waals surface area contributed by atoms with Gasteiger partial charge in [-0.3, -0.25) is 4.79 Å². The molecular formula is C15H19NO4. The number of carbonyl (C=O) groups is 2. The molecule has 1 aromatic carbocycles. The Labute approximate surface area is 118 Å². The molecular weight excluding hydrogens is 258 g/mol. The van der Waals surface area contributed by atoms with Crippen molar-refractivity contribution in [3.05, 3.63) is 29.8 Å². The Morgan fingerprint density at radius 3 is 2.35 bits per heavy atom. The SMILES string of the molecule is COC(=O)CC1CCN(c2ccc(C(=O)O)cc2)CC1. The molecule has 1 N–H and O–H groups in total. The van der Waals surface area contributed by atoms with Crippen LogP contribution in [0.5, 0.6) is 0 Å². The average molecular weight is 277 g/mol. The highest BCUT2D eigenvalue weighted by Crippen LogP contribution is 2.25. The van der Waals surface area contributed by atoms with Crippen molar-refractivity contribution in [2.75, 3.05) is 25.1 Å². The highest BCUT2D eigenvalue weighted by molar-refractivity contribution is 5.88. The number of hydrogen-bond donors (Lipinski definition) is 1. The molecule has 2 rings (SSSR count). The van der Waals surface area contributed by atoms with Crippen LogP contribution in [0, 0.1) is 5.92 Å². The molecule has 5 heteroatoms. The van der Waals surface area contributed by atoms with Gasteiger partial charge in [-0.25, -0.2) is 4.79 Å². The van der Waals surface area contributed by atoms with E-state index in [9.17, 15) is 9.59 Å². The number of benzene rings is 1. The first-order valence-corrected chi connectivity index (χ1v) is 6.75. The molecule has 0 aromatic heterocycles. The van der Waals surface area contributed by atoms with Gasteiger partial charge in [0, 0.05) is 25.2 Å². The van der Waals surface area contributed by atoms with Gasteiger partial charge in [0.05, 0.1) is 12.7 Å². The van der Waals surface area contributed by atoms with E-state index in [1.807, 2.05) is 12.1 Å². The zero-order valence-corrected chi connectivity index (χ0v) is 11.5. The van der Waals surface area contributed by atoms with E-state index >= 15 is 0 Å². The minimum atomic E-state index is -0.909. The summed E-state index contributed by atoms with van der Waals surface area (Å²) in [4.78, 5) is 24.3. The molecule has 0 amide bonds. The van der Waals surface area contributed by atoms with Crippen molar-refractivity contribution in [1.29, 1.82) is 0 Å². The minimum Gasteiger partial charge on any atom is -0.478 e. The topological polar surface area (TPSA) is 66.8 Å². The van der Waals surface area contributed by atoms with Gasteiger partial charge in [-0.05, 0) is 43.0 Å². The van der Waals surface area contributed by atoms with Crippen molar-refractivity contribution in [1.82, 2.24) is 0 Å². The van der Waals surface area contributed by atoms with Crippen LogP contribution in [0.3, 0.4) is 0 Å². The third-order valence-electron chi connectivity index (χ3n) is 3.78. The second-order valence-electron chi connectivity index (χ2n) is 5.06. The fourth-order valence-corrected chi connectivity index (χ4v) is 2.53. The zero-order chi connectivity index (χ0) is 14.5. The molecule has 1 heterocycles. The molecule has 0 bridgehead atoms. The third-order valence-corrected chi connectivity index (χ3v) is 3.78. The van der Waals surface area contributed by atoms with Gasteiger partial charge in [-0.1, -0.05) is 0 Å². The summed E-state index contributed by atoms with van der Waals surface area (Å²) in [6.07, 6.45) is 2.40. The Bertz CT molecular complexity index is 475. The number of aromatic carboxylic acids is 1. The summed E-state index contributed by atoms with van der Waals surface area (Å²) >= 11 is 0. The molecule has 108 valence electrons. The number of esters is 1. The smallest absolute Gasteiger partial charge is 0.335 e. The molecule has 0 radical (unpaired) electrons. The number of rotatable bonds is 4.